The summed E-state index contributed by atoms with van der Waals surface area (Å²) in [5.41, 5.74) is 0.367. The van der Waals surface area contributed by atoms with Crippen LogP contribution in [0.3, 0.4) is 0 Å². The standard InChI is InChI=1S/C14H16FN5O2S/c15-12-10-11(23(16,21)22)2-3-13(12)19-6-8-20(9-7-19)14-17-4-1-5-18-14/h1-5,10H,6-9H2,(H2,16,21,22). The topological polar surface area (TPSA) is 92.4 Å². The normalized spacial score (nSPS) is 15.7. The van der Waals surface area contributed by atoms with Gasteiger partial charge in [-0.25, -0.2) is 27.9 Å². The Labute approximate surface area is 133 Å². The molecule has 23 heavy (non-hydrogen) atoms. The third-order valence-corrected chi connectivity index (χ3v) is 4.61. The van der Waals surface area contributed by atoms with E-state index in [0.29, 0.717) is 37.8 Å². The molecule has 1 aliphatic rings. The number of sulfonamides is 1. The fourth-order valence-electron chi connectivity index (χ4n) is 2.52. The van der Waals surface area contributed by atoms with Crippen LogP contribution in [-0.2, 0) is 10.0 Å². The van der Waals surface area contributed by atoms with Gasteiger partial charge in [0.05, 0.1) is 10.6 Å². The van der Waals surface area contributed by atoms with E-state index in [2.05, 4.69) is 9.97 Å². The van der Waals surface area contributed by atoms with Gasteiger partial charge in [-0.3, -0.25) is 0 Å². The highest BCUT2D eigenvalue weighted by Crippen LogP contribution is 2.24. The van der Waals surface area contributed by atoms with E-state index in [4.69, 9.17) is 5.14 Å². The molecular formula is C14H16FN5O2S. The van der Waals surface area contributed by atoms with Gasteiger partial charge in [0.2, 0.25) is 16.0 Å². The molecule has 1 aromatic carbocycles. The summed E-state index contributed by atoms with van der Waals surface area (Å²) in [6.07, 6.45) is 3.36. The Morgan fingerprint density at radius 1 is 1.04 bits per heavy atom. The van der Waals surface area contributed by atoms with Gasteiger partial charge in [-0.15, -0.1) is 0 Å². The van der Waals surface area contributed by atoms with Crippen LogP contribution in [0.5, 0.6) is 0 Å². The summed E-state index contributed by atoms with van der Waals surface area (Å²) >= 11 is 0. The van der Waals surface area contributed by atoms with Crippen molar-refractivity contribution < 1.29 is 12.8 Å². The van der Waals surface area contributed by atoms with Crippen LogP contribution >= 0.6 is 0 Å². The van der Waals surface area contributed by atoms with Crippen LogP contribution in [0.1, 0.15) is 0 Å². The van der Waals surface area contributed by atoms with Crippen molar-refractivity contribution in [2.24, 2.45) is 5.14 Å². The number of nitrogens with zero attached hydrogens (tertiary/aromatic N) is 4. The minimum absolute atomic E-state index is 0.227. The van der Waals surface area contributed by atoms with Gasteiger partial charge in [-0.05, 0) is 24.3 Å². The van der Waals surface area contributed by atoms with Crippen molar-refractivity contribution in [2.75, 3.05) is 36.0 Å². The fraction of sp³-hybridized carbons (Fsp3) is 0.286. The van der Waals surface area contributed by atoms with Gasteiger partial charge in [0.15, 0.2) is 0 Å². The Hall–Kier alpha value is -2.26. The highest BCUT2D eigenvalue weighted by atomic mass is 32.2. The maximum atomic E-state index is 14.2. The molecule has 7 nitrogen and oxygen atoms in total. The first-order chi connectivity index (χ1) is 10.9. The van der Waals surface area contributed by atoms with E-state index < -0.39 is 15.8 Å². The Bertz CT molecular complexity index is 792. The van der Waals surface area contributed by atoms with Gasteiger partial charge in [-0.1, -0.05) is 0 Å². The average molecular weight is 337 g/mol. The highest BCUT2D eigenvalue weighted by molar-refractivity contribution is 7.89. The lowest BCUT2D eigenvalue weighted by Gasteiger charge is -2.36. The number of nitrogens with two attached hydrogens (primary N) is 1. The molecule has 0 unspecified atom stereocenters. The molecule has 1 aromatic heterocycles. The summed E-state index contributed by atoms with van der Waals surface area (Å²) in [4.78, 5) is 12.1. The summed E-state index contributed by atoms with van der Waals surface area (Å²) in [5.74, 6) is 0.0538. The number of benzene rings is 1. The number of piperazine rings is 1. The van der Waals surface area contributed by atoms with E-state index in [-0.39, 0.29) is 4.90 Å². The molecule has 2 N–H and O–H groups in total. The van der Waals surface area contributed by atoms with E-state index in [1.54, 1.807) is 18.5 Å². The maximum Gasteiger partial charge on any atom is 0.238 e. The van der Waals surface area contributed by atoms with Gasteiger partial charge >= 0.3 is 0 Å². The first kappa shape index (κ1) is 15.6. The smallest absolute Gasteiger partial charge is 0.238 e. The molecule has 2 aromatic rings. The zero-order valence-electron chi connectivity index (χ0n) is 12.3. The second-order valence-corrected chi connectivity index (χ2v) is 6.74. The molecular weight excluding hydrogens is 321 g/mol. The molecule has 1 saturated heterocycles. The van der Waals surface area contributed by atoms with E-state index in [1.807, 2.05) is 9.80 Å². The second kappa shape index (κ2) is 6.09. The Morgan fingerprint density at radius 3 is 2.22 bits per heavy atom. The SMILES string of the molecule is NS(=O)(=O)c1ccc(N2CCN(c3ncccn3)CC2)c(F)c1. The summed E-state index contributed by atoms with van der Waals surface area (Å²) in [6, 6.07) is 5.48. The lowest BCUT2D eigenvalue weighted by atomic mass is 10.2. The molecule has 0 amide bonds. The third-order valence-electron chi connectivity index (χ3n) is 3.70. The lowest BCUT2D eigenvalue weighted by molar-refractivity contribution is 0.583. The van der Waals surface area contributed by atoms with Crippen LogP contribution in [0.2, 0.25) is 0 Å². The molecule has 0 radical (unpaired) electrons. The van der Waals surface area contributed by atoms with Crippen LogP contribution in [-0.4, -0.2) is 44.6 Å². The summed E-state index contributed by atoms with van der Waals surface area (Å²) < 4.78 is 36.7. The zero-order valence-corrected chi connectivity index (χ0v) is 13.1. The van der Waals surface area contributed by atoms with Gasteiger partial charge in [-0.2, -0.15) is 0 Å². The van der Waals surface area contributed by atoms with Crippen LogP contribution in [0.4, 0.5) is 16.0 Å². The summed E-state index contributed by atoms with van der Waals surface area (Å²) in [5, 5.41) is 5.01. The Balaban J connectivity index is 1.73. The predicted octanol–water partition coefficient (Wildman–Crippen LogP) is 0.590. The maximum absolute atomic E-state index is 14.2. The van der Waals surface area contributed by atoms with Crippen LogP contribution < -0.4 is 14.9 Å². The van der Waals surface area contributed by atoms with Crippen LogP contribution in [0, 0.1) is 5.82 Å². The average Bonchev–Trinajstić information content (AvgIpc) is 2.55. The number of primary sulfonamides is 1. The largest absolute Gasteiger partial charge is 0.366 e. The molecule has 0 bridgehead atoms. The molecule has 3 rings (SSSR count). The van der Waals surface area contributed by atoms with Gasteiger partial charge in [0.1, 0.15) is 5.82 Å². The summed E-state index contributed by atoms with van der Waals surface area (Å²) in [6.45, 7) is 2.48. The molecule has 0 atom stereocenters. The minimum Gasteiger partial charge on any atom is -0.366 e. The number of anilines is 2. The molecule has 9 heteroatoms. The predicted molar refractivity (Wildman–Crippen MR) is 84.2 cm³/mol. The number of hydrogen-bond donors (Lipinski definition) is 1. The quantitative estimate of drug-likeness (QED) is 0.881. The van der Waals surface area contributed by atoms with Crippen molar-refractivity contribution in [1.29, 1.82) is 0 Å². The zero-order chi connectivity index (χ0) is 16.4. The molecule has 0 aliphatic carbocycles. The van der Waals surface area contributed by atoms with Crippen molar-refractivity contribution in [3.05, 3.63) is 42.5 Å². The van der Waals surface area contributed by atoms with E-state index in [9.17, 15) is 12.8 Å². The van der Waals surface area contributed by atoms with E-state index in [1.165, 1.54) is 12.1 Å². The molecule has 122 valence electrons. The monoisotopic (exact) mass is 337 g/mol. The van der Waals surface area contributed by atoms with Crippen molar-refractivity contribution >= 4 is 21.7 Å². The van der Waals surface area contributed by atoms with Gasteiger partial charge in [0, 0.05) is 38.6 Å². The van der Waals surface area contributed by atoms with E-state index in [0.717, 1.165) is 6.07 Å². The first-order valence-corrected chi connectivity index (χ1v) is 8.59. The Kier molecular flexibility index (Phi) is 4.14. The van der Waals surface area contributed by atoms with Crippen molar-refractivity contribution in [3.8, 4) is 0 Å². The van der Waals surface area contributed by atoms with Crippen molar-refractivity contribution in [3.63, 3.8) is 0 Å². The number of aromatic nitrogens is 2. The first-order valence-electron chi connectivity index (χ1n) is 7.04. The highest BCUT2D eigenvalue weighted by Gasteiger charge is 2.22. The van der Waals surface area contributed by atoms with E-state index >= 15 is 0 Å². The van der Waals surface area contributed by atoms with Crippen LogP contribution in [0.25, 0.3) is 0 Å². The van der Waals surface area contributed by atoms with Gasteiger partial charge < -0.3 is 9.80 Å². The fourth-order valence-corrected chi connectivity index (χ4v) is 3.05. The molecule has 0 spiro atoms. The molecule has 1 fully saturated rings. The van der Waals surface area contributed by atoms with Crippen LogP contribution in [0.15, 0.2) is 41.6 Å². The van der Waals surface area contributed by atoms with Crippen molar-refractivity contribution in [2.45, 2.75) is 4.90 Å². The molecule has 0 saturated carbocycles. The second-order valence-electron chi connectivity index (χ2n) is 5.18. The van der Waals surface area contributed by atoms with Gasteiger partial charge in [0.25, 0.3) is 0 Å². The minimum atomic E-state index is -3.90. The molecule has 1 aliphatic heterocycles. The lowest BCUT2D eigenvalue weighted by Crippen LogP contribution is -2.47. The van der Waals surface area contributed by atoms with Crippen molar-refractivity contribution in [1.82, 2.24) is 9.97 Å². The number of hydrogen-bond acceptors (Lipinski definition) is 6. The number of rotatable bonds is 3. The molecule has 2 heterocycles. The summed E-state index contributed by atoms with van der Waals surface area (Å²) in [7, 11) is -3.90. The number of halogens is 1. The Morgan fingerprint density at radius 2 is 1.65 bits per heavy atom. The third kappa shape index (κ3) is 3.40.